The number of ether oxygens (including phenoxy) is 2. The molecule has 1 fully saturated rings. The molecule has 0 spiro atoms. The van der Waals surface area contributed by atoms with Gasteiger partial charge < -0.3 is 9.47 Å². The number of hydrogen-bond donors (Lipinski definition) is 0. The lowest BCUT2D eigenvalue weighted by atomic mass is 10.2. The Balaban J connectivity index is 1.74. The van der Waals surface area contributed by atoms with Gasteiger partial charge >= 0.3 is 0 Å². The third kappa shape index (κ3) is 4.86. The zero-order valence-electron chi connectivity index (χ0n) is 17.0. The van der Waals surface area contributed by atoms with Gasteiger partial charge in [-0.2, -0.15) is 4.31 Å². The van der Waals surface area contributed by atoms with E-state index < -0.39 is 10.0 Å². The van der Waals surface area contributed by atoms with E-state index in [1.165, 1.54) is 17.5 Å². The second kappa shape index (κ2) is 9.34. The maximum atomic E-state index is 13.2. The summed E-state index contributed by atoms with van der Waals surface area (Å²) in [6, 6.07) is 12.5. The maximum absolute atomic E-state index is 13.2. The first kappa shape index (κ1) is 21.9. The van der Waals surface area contributed by atoms with Crippen LogP contribution >= 0.6 is 11.6 Å². The maximum Gasteiger partial charge on any atom is 0.246 e. The van der Waals surface area contributed by atoms with Crippen molar-refractivity contribution < 1.29 is 17.9 Å². The van der Waals surface area contributed by atoms with Crippen molar-refractivity contribution in [2.45, 2.75) is 30.8 Å². The Morgan fingerprint density at radius 2 is 1.97 bits per heavy atom. The highest BCUT2D eigenvalue weighted by molar-refractivity contribution is 7.89. The van der Waals surface area contributed by atoms with Crippen LogP contribution in [0.3, 0.4) is 0 Å². The van der Waals surface area contributed by atoms with Crippen LogP contribution in [0.25, 0.3) is 0 Å². The normalized spacial score (nSPS) is 17.6. The predicted octanol–water partition coefficient (Wildman–Crippen LogP) is 3.64. The largest absolute Gasteiger partial charge is 0.495 e. The number of hydrogen-bond acceptors (Lipinski definition) is 5. The lowest BCUT2D eigenvalue weighted by Crippen LogP contribution is -2.39. The van der Waals surface area contributed by atoms with E-state index in [9.17, 15) is 8.42 Å². The van der Waals surface area contributed by atoms with Crippen molar-refractivity contribution in [2.75, 3.05) is 33.9 Å². The topological polar surface area (TPSA) is 59.1 Å². The molecule has 0 radical (unpaired) electrons. The Kier molecular flexibility index (Phi) is 7.05. The standard InChI is InChI=1S/C21H27ClN2O4S/c1-4-28-19-8-6-5-7-16(19)14-24-12-11-18(15-24)23(2)29(25,26)21-13-17(22)9-10-20(21)27-3/h5-10,13,18H,4,11-12,14-15H2,1-3H3. The summed E-state index contributed by atoms with van der Waals surface area (Å²) in [6.07, 6.45) is 0.759. The van der Waals surface area contributed by atoms with Crippen LogP contribution in [-0.2, 0) is 16.6 Å². The summed E-state index contributed by atoms with van der Waals surface area (Å²) in [5.74, 6) is 1.17. The van der Waals surface area contributed by atoms with Crippen LogP contribution in [0.5, 0.6) is 11.5 Å². The molecule has 1 aliphatic rings. The summed E-state index contributed by atoms with van der Waals surface area (Å²) in [5.41, 5.74) is 1.11. The van der Waals surface area contributed by atoms with Crippen molar-refractivity contribution in [2.24, 2.45) is 0 Å². The van der Waals surface area contributed by atoms with Crippen LogP contribution in [0.2, 0.25) is 5.02 Å². The monoisotopic (exact) mass is 438 g/mol. The number of methoxy groups -OCH3 is 1. The van der Waals surface area contributed by atoms with Crippen molar-refractivity contribution in [1.82, 2.24) is 9.21 Å². The molecule has 6 nitrogen and oxygen atoms in total. The SMILES string of the molecule is CCOc1ccccc1CN1CCC(N(C)S(=O)(=O)c2cc(Cl)ccc2OC)C1. The molecule has 1 aliphatic heterocycles. The highest BCUT2D eigenvalue weighted by atomic mass is 35.5. The van der Waals surface area contributed by atoms with Crippen LogP contribution in [0.4, 0.5) is 0 Å². The second-order valence-corrected chi connectivity index (χ2v) is 9.44. The molecule has 1 unspecified atom stereocenters. The number of likely N-dealkylation sites (N-methyl/N-ethyl adjacent to an activating group) is 1. The Morgan fingerprint density at radius 1 is 1.21 bits per heavy atom. The van der Waals surface area contributed by atoms with Gasteiger partial charge in [0.15, 0.2) is 0 Å². The summed E-state index contributed by atoms with van der Waals surface area (Å²) in [5, 5.41) is 0.360. The minimum atomic E-state index is -3.73. The van der Waals surface area contributed by atoms with Crippen LogP contribution < -0.4 is 9.47 Å². The summed E-state index contributed by atoms with van der Waals surface area (Å²) in [4.78, 5) is 2.35. The highest BCUT2D eigenvalue weighted by Crippen LogP contribution is 2.32. The Bertz CT molecular complexity index is 951. The molecular formula is C21H27ClN2O4S. The number of nitrogens with zero attached hydrogens (tertiary/aromatic N) is 2. The zero-order valence-corrected chi connectivity index (χ0v) is 18.5. The van der Waals surface area contributed by atoms with Gasteiger partial charge in [0.2, 0.25) is 10.0 Å². The molecule has 1 heterocycles. The Hall–Kier alpha value is -1.80. The van der Waals surface area contributed by atoms with E-state index in [1.54, 1.807) is 19.2 Å². The van der Waals surface area contributed by atoms with Crippen LogP contribution in [0.15, 0.2) is 47.4 Å². The van der Waals surface area contributed by atoms with E-state index in [1.807, 2.05) is 25.1 Å². The molecule has 3 rings (SSSR count). The number of benzene rings is 2. The summed E-state index contributed by atoms with van der Waals surface area (Å²) in [7, 11) is -0.651. The van der Waals surface area contributed by atoms with Gasteiger partial charge in [0.25, 0.3) is 0 Å². The Labute approximate surface area is 178 Å². The number of halogens is 1. The first-order chi connectivity index (χ1) is 13.9. The van der Waals surface area contributed by atoms with Crippen molar-refractivity contribution in [3.05, 3.63) is 53.1 Å². The van der Waals surface area contributed by atoms with Crippen molar-refractivity contribution >= 4 is 21.6 Å². The van der Waals surface area contributed by atoms with E-state index in [0.29, 0.717) is 23.9 Å². The van der Waals surface area contributed by atoms with Gasteiger partial charge in [0, 0.05) is 43.3 Å². The fourth-order valence-electron chi connectivity index (χ4n) is 3.63. The lowest BCUT2D eigenvalue weighted by molar-refractivity contribution is 0.286. The molecule has 0 bridgehead atoms. The van der Waals surface area contributed by atoms with Crippen molar-refractivity contribution in [1.29, 1.82) is 0 Å². The molecule has 1 atom stereocenters. The average molecular weight is 439 g/mol. The van der Waals surface area contributed by atoms with E-state index in [0.717, 1.165) is 30.8 Å². The van der Waals surface area contributed by atoms with Gasteiger partial charge in [-0.3, -0.25) is 4.90 Å². The fourth-order valence-corrected chi connectivity index (χ4v) is 5.42. The molecule has 2 aromatic carbocycles. The number of para-hydroxylation sites is 1. The first-order valence-corrected chi connectivity index (χ1v) is 11.4. The minimum Gasteiger partial charge on any atom is -0.495 e. The molecule has 29 heavy (non-hydrogen) atoms. The molecule has 0 aromatic heterocycles. The quantitative estimate of drug-likeness (QED) is 0.629. The molecule has 8 heteroatoms. The fraction of sp³-hybridized carbons (Fsp3) is 0.429. The molecular weight excluding hydrogens is 412 g/mol. The minimum absolute atomic E-state index is 0.0927. The van der Waals surface area contributed by atoms with E-state index in [2.05, 4.69) is 11.0 Å². The van der Waals surface area contributed by atoms with Gasteiger partial charge in [-0.1, -0.05) is 29.8 Å². The molecule has 0 saturated carbocycles. The third-order valence-electron chi connectivity index (χ3n) is 5.21. The van der Waals surface area contributed by atoms with Gasteiger partial charge in [-0.05, 0) is 37.6 Å². The molecule has 1 saturated heterocycles. The number of sulfonamides is 1. The van der Waals surface area contributed by atoms with E-state index >= 15 is 0 Å². The summed E-state index contributed by atoms with van der Waals surface area (Å²) < 4.78 is 38.8. The zero-order chi connectivity index (χ0) is 21.0. The second-order valence-electron chi connectivity index (χ2n) is 7.03. The van der Waals surface area contributed by atoms with Gasteiger partial charge in [0.05, 0.1) is 13.7 Å². The number of likely N-dealkylation sites (tertiary alicyclic amines) is 1. The Morgan fingerprint density at radius 3 is 2.69 bits per heavy atom. The summed E-state index contributed by atoms with van der Waals surface area (Å²) >= 11 is 6.04. The molecule has 0 aliphatic carbocycles. The smallest absolute Gasteiger partial charge is 0.246 e. The van der Waals surface area contributed by atoms with Crippen LogP contribution in [-0.4, -0.2) is 57.5 Å². The molecule has 0 N–H and O–H groups in total. The highest BCUT2D eigenvalue weighted by Gasteiger charge is 2.35. The average Bonchev–Trinajstić information content (AvgIpc) is 3.17. The van der Waals surface area contributed by atoms with Crippen molar-refractivity contribution in [3.8, 4) is 11.5 Å². The molecule has 158 valence electrons. The van der Waals surface area contributed by atoms with E-state index in [4.69, 9.17) is 21.1 Å². The van der Waals surface area contributed by atoms with Crippen LogP contribution in [0.1, 0.15) is 18.9 Å². The van der Waals surface area contributed by atoms with Gasteiger partial charge in [-0.25, -0.2) is 8.42 Å². The van der Waals surface area contributed by atoms with Crippen molar-refractivity contribution in [3.63, 3.8) is 0 Å². The van der Waals surface area contributed by atoms with E-state index in [-0.39, 0.29) is 10.9 Å². The molecule has 0 amide bonds. The van der Waals surface area contributed by atoms with Gasteiger partial charge in [0.1, 0.15) is 16.4 Å². The number of rotatable bonds is 8. The predicted molar refractivity (Wildman–Crippen MR) is 114 cm³/mol. The summed E-state index contributed by atoms with van der Waals surface area (Å²) in [6.45, 7) is 4.77. The lowest BCUT2D eigenvalue weighted by Gasteiger charge is -2.25. The van der Waals surface area contributed by atoms with Crippen LogP contribution in [0, 0.1) is 0 Å². The van der Waals surface area contributed by atoms with Gasteiger partial charge in [-0.15, -0.1) is 0 Å². The third-order valence-corrected chi connectivity index (χ3v) is 7.38. The first-order valence-electron chi connectivity index (χ1n) is 9.61. The molecule has 2 aromatic rings.